The highest BCUT2D eigenvalue weighted by atomic mass is 35.5. The fourth-order valence-corrected chi connectivity index (χ4v) is 2.84. The Bertz CT molecular complexity index is 664. The first-order valence-electron chi connectivity index (χ1n) is 7.81. The molecule has 2 aromatic rings. The minimum atomic E-state index is 0. The third kappa shape index (κ3) is 4.95. The Labute approximate surface area is 155 Å². The average molecular weight is 368 g/mol. The summed E-state index contributed by atoms with van der Waals surface area (Å²) in [5, 5.41) is 2.34. The SMILES string of the molecule is COc1ccccc1C[NH2+]CCC[NH+]1C=Nc2ccccc21.[Cl-].[Cl-]. The van der Waals surface area contributed by atoms with Gasteiger partial charge in [0.05, 0.1) is 20.2 Å². The highest BCUT2D eigenvalue weighted by Gasteiger charge is 2.19. The second-order valence-corrected chi connectivity index (χ2v) is 5.50. The second kappa shape index (κ2) is 10.3. The van der Waals surface area contributed by atoms with Gasteiger partial charge in [0.2, 0.25) is 0 Å². The molecule has 0 saturated carbocycles. The predicted octanol–water partition coefficient (Wildman–Crippen LogP) is -4.95. The fraction of sp³-hybridized carbons (Fsp3) is 0.278. The largest absolute Gasteiger partial charge is 1.00 e. The van der Waals surface area contributed by atoms with Gasteiger partial charge in [0.1, 0.15) is 18.0 Å². The van der Waals surface area contributed by atoms with Crippen LogP contribution in [0.25, 0.3) is 0 Å². The number of nitrogens with two attached hydrogens (primary N) is 1. The van der Waals surface area contributed by atoms with E-state index in [9.17, 15) is 0 Å². The van der Waals surface area contributed by atoms with Crippen LogP contribution in [0.2, 0.25) is 0 Å². The zero-order valence-electron chi connectivity index (χ0n) is 13.7. The molecular weight excluding hydrogens is 345 g/mol. The van der Waals surface area contributed by atoms with Crippen molar-refractivity contribution in [2.24, 2.45) is 4.99 Å². The van der Waals surface area contributed by atoms with Crippen LogP contribution in [0, 0.1) is 0 Å². The molecular formula is C18H23Cl2N3O. The number of rotatable bonds is 7. The van der Waals surface area contributed by atoms with E-state index in [0.717, 1.165) is 37.5 Å². The molecule has 3 rings (SSSR count). The van der Waals surface area contributed by atoms with Crippen LogP contribution in [0.1, 0.15) is 12.0 Å². The van der Waals surface area contributed by atoms with Crippen molar-refractivity contribution in [3.63, 3.8) is 0 Å². The van der Waals surface area contributed by atoms with Crippen molar-refractivity contribution in [1.29, 1.82) is 0 Å². The summed E-state index contributed by atoms with van der Waals surface area (Å²) < 4.78 is 5.38. The van der Waals surface area contributed by atoms with Crippen molar-refractivity contribution in [3.05, 3.63) is 54.1 Å². The Balaban J connectivity index is 0.00000144. The molecule has 0 spiro atoms. The number of nitrogens with zero attached hydrogens (tertiary/aromatic N) is 1. The Kier molecular flexibility index (Phi) is 8.79. The maximum absolute atomic E-state index is 5.38. The van der Waals surface area contributed by atoms with Crippen LogP contribution in [0.5, 0.6) is 5.75 Å². The highest BCUT2D eigenvalue weighted by molar-refractivity contribution is 5.71. The van der Waals surface area contributed by atoms with Gasteiger partial charge in [-0.3, -0.25) is 4.90 Å². The van der Waals surface area contributed by atoms with E-state index >= 15 is 0 Å². The predicted molar refractivity (Wildman–Crippen MR) is 88.2 cm³/mol. The van der Waals surface area contributed by atoms with Gasteiger partial charge >= 0.3 is 0 Å². The topological polar surface area (TPSA) is 42.6 Å². The lowest BCUT2D eigenvalue weighted by Gasteiger charge is -2.10. The molecule has 24 heavy (non-hydrogen) atoms. The summed E-state index contributed by atoms with van der Waals surface area (Å²) in [5.41, 5.74) is 3.66. The van der Waals surface area contributed by atoms with Crippen molar-refractivity contribution in [2.75, 3.05) is 20.2 Å². The van der Waals surface area contributed by atoms with E-state index in [1.54, 1.807) is 7.11 Å². The molecule has 1 aliphatic heterocycles. The maximum atomic E-state index is 5.38. The molecule has 4 nitrogen and oxygen atoms in total. The van der Waals surface area contributed by atoms with E-state index in [2.05, 4.69) is 40.6 Å². The molecule has 0 aromatic heterocycles. The highest BCUT2D eigenvalue weighted by Crippen LogP contribution is 2.22. The van der Waals surface area contributed by atoms with Gasteiger partial charge in [-0.1, -0.05) is 24.3 Å². The number of hydrogen-bond acceptors (Lipinski definition) is 2. The molecule has 6 heteroatoms. The number of ether oxygens (including phenoxy) is 1. The van der Waals surface area contributed by atoms with Crippen molar-refractivity contribution in [1.82, 2.24) is 0 Å². The number of methoxy groups -OCH3 is 1. The van der Waals surface area contributed by atoms with E-state index in [1.807, 2.05) is 24.5 Å². The van der Waals surface area contributed by atoms with Crippen LogP contribution in [0.4, 0.5) is 11.4 Å². The lowest BCUT2D eigenvalue weighted by atomic mass is 10.2. The first-order valence-corrected chi connectivity index (χ1v) is 7.81. The molecule has 1 aliphatic rings. The van der Waals surface area contributed by atoms with Gasteiger partial charge in [-0.05, 0) is 18.2 Å². The number of hydrogen-bond donors (Lipinski definition) is 2. The molecule has 0 fully saturated rings. The number of fused-ring (bicyclic) bond motifs is 1. The third-order valence-electron chi connectivity index (χ3n) is 4.02. The number of nitrogens with one attached hydrogen (secondary N) is 1. The standard InChI is InChI=1S/C18H21N3O.2ClH/c1-22-18-10-5-2-7-15(18)13-19-11-6-12-21-14-20-16-8-3-4-9-17(16)21;;/h2-5,7-10,14,19H,6,11-13H2,1H3;2*1H. The molecule has 0 bridgehead atoms. The van der Waals surface area contributed by atoms with Crippen LogP contribution < -0.4 is 39.8 Å². The molecule has 0 radical (unpaired) electrons. The molecule has 0 aliphatic carbocycles. The summed E-state index contributed by atoms with van der Waals surface area (Å²) >= 11 is 0. The van der Waals surface area contributed by atoms with Gasteiger partial charge in [0.25, 0.3) is 0 Å². The molecule has 1 unspecified atom stereocenters. The summed E-state index contributed by atoms with van der Waals surface area (Å²) in [4.78, 5) is 5.82. The molecule has 130 valence electrons. The molecule has 1 atom stereocenters. The van der Waals surface area contributed by atoms with Crippen molar-refractivity contribution in [3.8, 4) is 5.75 Å². The van der Waals surface area contributed by atoms with Crippen LogP contribution in [0.3, 0.4) is 0 Å². The molecule has 2 aromatic carbocycles. The normalized spacial score (nSPS) is 14.5. The lowest BCUT2D eigenvalue weighted by Crippen LogP contribution is -3.05. The Hall–Kier alpha value is -1.59. The van der Waals surface area contributed by atoms with E-state index in [-0.39, 0.29) is 24.8 Å². The molecule has 3 N–H and O–H groups in total. The van der Waals surface area contributed by atoms with Crippen LogP contribution in [-0.2, 0) is 6.54 Å². The minimum Gasteiger partial charge on any atom is -1.00 e. The van der Waals surface area contributed by atoms with E-state index < -0.39 is 0 Å². The van der Waals surface area contributed by atoms with Crippen molar-refractivity contribution >= 4 is 17.7 Å². The number of para-hydroxylation sites is 3. The lowest BCUT2D eigenvalue weighted by molar-refractivity contribution is -0.730. The Morgan fingerprint density at radius 2 is 1.79 bits per heavy atom. The Morgan fingerprint density at radius 3 is 2.62 bits per heavy atom. The summed E-state index contributed by atoms with van der Waals surface area (Å²) in [6.07, 6.45) is 3.18. The summed E-state index contributed by atoms with van der Waals surface area (Å²) in [6.45, 7) is 3.16. The van der Waals surface area contributed by atoms with E-state index in [0.29, 0.717) is 0 Å². The quantitative estimate of drug-likeness (QED) is 0.473. The molecule has 0 saturated heterocycles. The van der Waals surface area contributed by atoms with Gasteiger partial charge in [0.15, 0.2) is 12.0 Å². The second-order valence-electron chi connectivity index (χ2n) is 5.50. The summed E-state index contributed by atoms with van der Waals surface area (Å²) in [6, 6.07) is 16.6. The van der Waals surface area contributed by atoms with E-state index in [1.165, 1.54) is 16.2 Å². The average Bonchev–Trinajstić information content (AvgIpc) is 2.98. The summed E-state index contributed by atoms with van der Waals surface area (Å²) in [7, 11) is 1.73. The Morgan fingerprint density at radius 1 is 1.04 bits per heavy atom. The third-order valence-corrected chi connectivity index (χ3v) is 4.02. The van der Waals surface area contributed by atoms with Crippen LogP contribution in [0.15, 0.2) is 53.5 Å². The monoisotopic (exact) mass is 367 g/mol. The van der Waals surface area contributed by atoms with Gasteiger partial charge < -0.3 is 34.9 Å². The number of benzene rings is 2. The maximum Gasteiger partial charge on any atom is 0.194 e. The zero-order valence-corrected chi connectivity index (χ0v) is 15.2. The molecule has 0 amide bonds. The van der Waals surface area contributed by atoms with Crippen LogP contribution >= 0.6 is 0 Å². The minimum absolute atomic E-state index is 0. The fourth-order valence-electron chi connectivity index (χ4n) is 2.84. The van der Waals surface area contributed by atoms with Gasteiger partial charge in [-0.25, -0.2) is 0 Å². The number of quaternary nitrogens is 2. The molecule has 1 heterocycles. The van der Waals surface area contributed by atoms with Crippen molar-refractivity contribution < 1.29 is 39.8 Å². The smallest absolute Gasteiger partial charge is 0.194 e. The number of halogens is 2. The van der Waals surface area contributed by atoms with E-state index in [4.69, 9.17) is 4.74 Å². The van der Waals surface area contributed by atoms with Gasteiger partial charge in [-0.2, -0.15) is 4.99 Å². The van der Waals surface area contributed by atoms with Gasteiger partial charge in [-0.15, -0.1) is 0 Å². The first-order chi connectivity index (χ1) is 10.9. The number of aliphatic imine (C=N–C) groups is 1. The zero-order chi connectivity index (χ0) is 15.2. The first kappa shape index (κ1) is 20.5. The summed E-state index contributed by atoms with van der Waals surface area (Å²) in [5.74, 6) is 0.977. The van der Waals surface area contributed by atoms with Crippen molar-refractivity contribution in [2.45, 2.75) is 13.0 Å². The van der Waals surface area contributed by atoms with Crippen LogP contribution in [-0.4, -0.2) is 26.5 Å². The van der Waals surface area contributed by atoms with Gasteiger partial charge in [0, 0.05) is 18.1 Å².